The fourth-order valence-electron chi connectivity index (χ4n) is 3.22. The summed E-state index contributed by atoms with van der Waals surface area (Å²) in [5.41, 5.74) is 3.44. The molecule has 0 bridgehead atoms. The quantitative estimate of drug-likeness (QED) is 0.574. The second kappa shape index (κ2) is 10.3. The average Bonchev–Trinajstić information content (AvgIpc) is 2.79. The van der Waals surface area contributed by atoms with Gasteiger partial charge in [0.1, 0.15) is 0 Å². The predicted octanol–water partition coefficient (Wildman–Crippen LogP) is 4.24. The van der Waals surface area contributed by atoms with Crippen molar-refractivity contribution in [3.05, 3.63) is 89.0 Å². The van der Waals surface area contributed by atoms with Crippen LogP contribution in [0.4, 0.5) is 5.69 Å². The van der Waals surface area contributed by atoms with E-state index < -0.39 is 0 Å². The number of carbonyl (C=O) groups excluding carboxylic acids is 2. The lowest BCUT2D eigenvalue weighted by Gasteiger charge is -2.12. The Hall–Kier alpha value is -3.80. The molecule has 160 valence electrons. The predicted molar refractivity (Wildman–Crippen MR) is 121 cm³/mol. The first-order valence-corrected chi connectivity index (χ1v) is 9.98. The summed E-state index contributed by atoms with van der Waals surface area (Å²) in [7, 11) is 3.18. The van der Waals surface area contributed by atoms with Gasteiger partial charge >= 0.3 is 0 Å². The lowest BCUT2D eigenvalue weighted by molar-refractivity contribution is 0.0955. The highest BCUT2D eigenvalue weighted by atomic mass is 16.5. The molecular weight excluding hydrogens is 392 g/mol. The number of rotatable bonds is 8. The number of ether oxygens (including phenoxy) is 2. The number of benzene rings is 3. The molecule has 0 aliphatic carbocycles. The largest absolute Gasteiger partial charge is 0.493 e. The van der Waals surface area contributed by atoms with Crippen LogP contribution < -0.4 is 20.1 Å². The van der Waals surface area contributed by atoms with Crippen LogP contribution in [0.1, 0.15) is 31.8 Å². The molecule has 2 N–H and O–H groups in total. The van der Waals surface area contributed by atoms with Gasteiger partial charge in [0.15, 0.2) is 11.5 Å². The third-order valence-electron chi connectivity index (χ3n) is 4.85. The number of para-hydroxylation sites is 1. The summed E-state index contributed by atoms with van der Waals surface area (Å²) in [6, 6.07) is 19.9. The smallest absolute Gasteiger partial charge is 0.255 e. The molecule has 6 heteroatoms. The van der Waals surface area contributed by atoms with Crippen LogP contribution in [0.15, 0.2) is 66.7 Å². The van der Waals surface area contributed by atoms with Crippen LogP contribution in [0.25, 0.3) is 0 Å². The van der Waals surface area contributed by atoms with E-state index in [2.05, 4.69) is 10.6 Å². The summed E-state index contributed by atoms with van der Waals surface area (Å²) >= 11 is 0. The van der Waals surface area contributed by atoms with E-state index in [1.807, 2.05) is 37.3 Å². The van der Waals surface area contributed by atoms with Gasteiger partial charge in [-0.1, -0.05) is 35.9 Å². The Labute approximate surface area is 182 Å². The van der Waals surface area contributed by atoms with Crippen molar-refractivity contribution in [1.82, 2.24) is 5.32 Å². The maximum atomic E-state index is 12.7. The van der Waals surface area contributed by atoms with Gasteiger partial charge in [-0.15, -0.1) is 0 Å². The maximum Gasteiger partial charge on any atom is 0.255 e. The van der Waals surface area contributed by atoms with Crippen LogP contribution in [0, 0.1) is 6.92 Å². The Morgan fingerprint density at radius 2 is 1.61 bits per heavy atom. The van der Waals surface area contributed by atoms with Crippen LogP contribution in [0.2, 0.25) is 0 Å². The molecule has 3 aromatic carbocycles. The van der Waals surface area contributed by atoms with Gasteiger partial charge in [0, 0.05) is 12.1 Å². The summed E-state index contributed by atoms with van der Waals surface area (Å²) in [5, 5.41) is 5.75. The maximum absolute atomic E-state index is 12.7. The molecule has 0 saturated carbocycles. The number of aryl methyl sites for hydroxylation is 1. The van der Waals surface area contributed by atoms with E-state index in [4.69, 9.17) is 9.47 Å². The third-order valence-corrected chi connectivity index (χ3v) is 4.85. The van der Waals surface area contributed by atoms with Gasteiger partial charge in [-0.2, -0.15) is 0 Å². The number of hydrogen-bond donors (Lipinski definition) is 2. The van der Waals surface area contributed by atoms with Crippen molar-refractivity contribution in [2.24, 2.45) is 0 Å². The number of nitrogens with one attached hydrogen (secondary N) is 2. The van der Waals surface area contributed by atoms with E-state index in [0.717, 1.165) is 11.1 Å². The minimum absolute atomic E-state index is 0.249. The fraction of sp³-hybridized carbons (Fsp3) is 0.200. The number of hydrogen-bond acceptors (Lipinski definition) is 4. The van der Waals surface area contributed by atoms with Gasteiger partial charge in [0.25, 0.3) is 11.8 Å². The van der Waals surface area contributed by atoms with Crippen LogP contribution >= 0.6 is 0 Å². The third kappa shape index (κ3) is 5.63. The molecule has 3 aromatic rings. The van der Waals surface area contributed by atoms with Gasteiger partial charge in [0.2, 0.25) is 0 Å². The fourth-order valence-corrected chi connectivity index (χ4v) is 3.22. The molecular formula is C25H26N2O4. The Bertz CT molecular complexity index is 1080. The number of anilines is 1. The van der Waals surface area contributed by atoms with Gasteiger partial charge < -0.3 is 20.1 Å². The zero-order valence-electron chi connectivity index (χ0n) is 17.9. The molecule has 0 unspecified atom stereocenters. The normalized spacial score (nSPS) is 10.3. The highest BCUT2D eigenvalue weighted by molar-refractivity contribution is 6.09. The van der Waals surface area contributed by atoms with Crippen molar-refractivity contribution in [2.45, 2.75) is 13.3 Å². The van der Waals surface area contributed by atoms with E-state index in [-0.39, 0.29) is 11.8 Å². The molecule has 0 atom stereocenters. The second-order valence-electron chi connectivity index (χ2n) is 7.06. The van der Waals surface area contributed by atoms with Gasteiger partial charge in [0.05, 0.1) is 25.5 Å². The summed E-state index contributed by atoms with van der Waals surface area (Å²) in [6.45, 7) is 2.37. The highest BCUT2D eigenvalue weighted by Gasteiger charge is 2.14. The van der Waals surface area contributed by atoms with E-state index >= 15 is 0 Å². The molecule has 0 radical (unpaired) electrons. The monoisotopic (exact) mass is 418 g/mol. The Morgan fingerprint density at radius 3 is 2.35 bits per heavy atom. The van der Waals surface area contributed by atoms with Gasteiger partial charge in [-0.25, -0.2) is 0 Å². The molecule has 0 fully saturated rings. The zero-order valence-corrected chi connectivity index (χ0v) is 17.9. The molecule has 0 heterocycles. The number of carbonyl (C=O) groups is 2. The lowest BCUT2D eigenvalue weighted by Crippen LogP contribution is -2.27. The van der Waals surface area contributed by atoms with Crippen LogP contribution in [-0.4, -0.2) is 32.6 Å². The van der Waals surface area contributed by atoms with E-state index in [0.29, 0.717) is 41.3 Å². The summed E-state index contributed by atoms with van der Waals surface area (Å²) < 4.78 is 10.6. The zero-order chi connectivity index (χ0) is 22.2. The van der Waals surface area contributed by atoms with Crippen LogP contribution in [0.5, 0.6) is 11.5 Å². The SMILES string of the molecule is COc1ccc(CCNC(=O)c2ccccc2NC(=O)c2cccc(C)c2)cc1OC. The first-order valence-electron chi connectivity index (χ1n) is 9.98. The lowest BCUT2D eigenvalue weighted by atomic mass is 10.1. The van der Waals surface area contributed by atoms with E-state index in [1.54, 1.807) is 50.6 Å². The summed E-state index contributed by atoms with van der Waals surface area (Å²) in [6.07, 6.45) is 0.629. The molecule has 6 nitrogen and oxygen atoms in total. The minimum Gasteiger partial charge on any atom is -0.493 e. The Balaban J connectivity index is 1.64. The summed E-state index contributed by atoms with van der Waals surface area (Å²) in [5.74, 6) is 0.805. The topological polar surface area (TPSA) is 76.7 Å². The van der Waals surface area contributed by atoms with Crippen molar-refractivity contribution in [2.75, 3.05) is 26.1 Å². The Morgan fingerprint density at radius 1 is 0.839 bits per heavy atom. The standard InChI is InChI=1S/C25H26N2O4/c1-17-7-6-8-19(15-17)24(28)27-21-10-5-4-9-20(21)25(29)26-14-13-18-11-12-22(30-2)23(16-18)31-3/h4-12,15-16H,13-14H2,1-3H3,(H,26,29)(H,27,28). The number of methoxy groups -OCH3 is 2. The first kappa shape index (κ1) is 21.9. The van der Waals surface area contributed by atoms with Crippen molar-refractivity contribution < 1.29 is 19.1 Å². The molecule has 0 aliphatic heterocycles. The van der Waals surface area contributed by atoms with Gasteiger partial charge in [-0.05, 0) is 55.3 Å². The molecule has 0 aromatic heterocycles. The number of amides is 2. The van der Waals surface area contributed by atoms with E-state index in [9.17, 15) is 9.59 Å². The second-order valence-corrected chi connectivity index (χ2v) is 7.06. The van der Waals surface area contributed by atoms with Crippen molar-refractivity contribution in [3.8, 4) is 11.5 Å². The minimum atomic E-state index is -0.255. The van der Waals surface area contributed by atoms with Gasteiger partial charge in [-0.3, -0.25) is 9.59 Å². The molecule has 2 amide bonds. The molecule has 0 spiro atoms. The first-order chi connectivity index (χ1) is 15.0. The van der Waals surface area contributed by atoms with Crippen molar-refractivity contribution in [1.29, 1.82) is 0 Å². The Kier molecular flexibility index (Phi) is 7.27. The van der Waals surface area contributed by atoms with Crippen LogP contribution in [-0.2, 0) is 6.42 Å². The van der Waals surface area contributed by atoms with Crippen molar-refractivity contribution >= 4 is 17.5 Å². The highest BCUT2D eigenvalue weighted by Crippen LogP contribution is 2.27. The molecule has 0 saturated heterocycles. The average molecular weight is 418 g/mol. The van der Waals surface area contributed by atoms with Crippen LogP contribution in [0.3, 0.4) is 0 Å². The molecule has 0 aliphatic rings. The molecule has 3 rings (SSSR count). The van der Waals surface area contributed by atoms with E-state index in [1.165, 1.54) is 0 Å². The van der Waals surface area contributed by atoms with Crippen molar-refractivity contribution in [3.63, 3.8) is 0 Å². The molecule has 31 heavy (non-hydrogen) atoms. The summed E-state index contributed by atoms with van der Waals surface area (Å²) in [4.78, 5) is 25.3.